The van der Waals surface area contributed by atoms with Crippen molar-refractivity contribution in [2.45, 2.75) is 33.9 Å². The van der Waals surface area contributed by atoms with Crippen LogP contribution in [0.2, 0.25) is 10.3 Å². The van der Waals surface area contributed by atoms with Crippen LogP contribution in [0.5, 0.6) is 0 Å². The minimum absolute atomic E-state index is 0.130. The van der Waals surface area contributed by atoms with Gasteiger partial charge in [0.05, 0.1) is 24.6 Å². The van der Waals surface area contributed by atoms with Crippen molar-refractivity contribution in [3.63, 3.8) is 0 Å². The molecule has 0 unspecified atom stereocenters. The molecule has 0 spiro atoms. The Morgan fingerprint density at radius 1 is 1.24 bits per heavy atom. The van der Waals surface area contributed by atoms with E-state index in [0.717, 1.165) is 4.57 Å². The summed E-state index contributed by atoms with van der Waals surface area (Å²) in [6.45, 7) is 6.23. The maximum atomic E-state index is 12.9. The van der Waals surface area contributed by atoms with Gasteiger partial charge in [0.25, 0.3) is 5.56 Å². The molecule has 156 valence electrons. The lowest BCUT2D eigenvalue weighted by molar-refractivity contribution is 0.0602. The smallest absolute Gasteiger partial charge is 0.339 e. The summed E-state index contributed by atoms with van der Waals surface area (Å²) in [6.07, 6.45) is 0. The molecule has 8 nitrogen and oxygen atoms in total. The molecule has 3 heterocycles. The lowest BCUT2D eigenvalue weighted by Crippen LogP contribution is -2.38. The van der Waals surface area contributed by atoms with Crippen LogP contribution in [-0.2, 0) is 24.9 Å². The van der Waals surface area contributed by atoms with Crippen LogP contribution in [0.15, 0.2) is 9.59 Å². The number of ether oxygens (including phenoxy) is 1. The Morgan fingerprint density at radius 3 is 2.41 bits per heavy atom. The maximum Gasteiger partial charge on any atom is 0.339 e. The second-order valence-electron chi connectivity index (χ2n) is 7.05. The molecule has 0 aromatic carbocycles. The number of rotatable bonds is 5. The number of nitrogens with zero attached hydrogens (tertiary/aromatic N) is 4. The summed E-state index contributed by atoms with van der Waals surface area (Å²) >= 11 is 13.4. The lowest BCUT2D eigenvalue weighted by atomic mass is 10.1. The molecule has 3 aromatic heterocycles. The molecule has 0 aliphatic heterocycles. The summed E-state index contributed by atoms with van der Waals surface area (Å²) in [5.41, 5.74) is -0.842. The SMILES string of the molecule is COC(=O)c1c(Cn2c(C)nc(Cl)c2Cl)sc2c1c(=O)n(C)c(=O)n2CC(C)C. The van der Waals surface area contributed by atoms with E-state index in [9.17, 15) is 14.4 Å². The number of esters is 1. The number of imidazole rings is 1. The Hall–Kier alpha value is -2.10. The van der Waals surface area contributed by atoms with E-state index in [2.05, 4.69) is 4.98 Å². The van der Waals surface area contributed by atoms with Gasteiger partial charge >= 0.3 is 11.7 Å². The number of hydrogen-bond donors (Lipinski definition) is 0. The number of carbonyl (C=O) groups is 1. The molecule has 11 heteroatoms. The first-order chi connectivity index (χ1) is 13.6. The minimum Gasteiger partial charge on any atom is -0.465 e. The van der Waals surface area contributed by atoms with E-state index in [-0.39, 0.29) is 33.7 Å². The molecule has 3 rings (SSSR count). The molecule has 29 heavy (non-hydrogen) atoms. The van der Waals surface area contributed by atoms with Crippen LogP contribution in [0.25, 0.3) is 10.2 Å². The highest BCUT2D eigenvalue weighted by molar-refractivity contribution is 7.19. The first kappa shape index (κ1) is 21.6. The Labute approximate surface area is 180 Å². The largest absolute Gasteiger partial charge is 0.465 e. The fraction of sp³-hybridized carbons (Fsp3) is 0.444. The average Bonchev–Trinajstić information content (AvgIpc) is 3.15. The summed E-state index contributed by atoms with van der Waals surface area (Å²) in [7, 11) is 2.65. The molecule has 0 bridgehead atoms. The summed E-state index contributed by atoms with van der Waals surface area (Å²) in [6, 6.07) is 0. The van der Waals surface area contributed by atoms with Crippen molar-refractivity contribution in [3.05, 3.63) is 47.4 Å². The fourth-order valence-corrected chi connectivity index (χ4v) is 4.88. The van der Waals surface area contributed by atoms with Gasteiger partial charge in [0.2, 0.25) is 0 Å². The summed E-state index contributed by atoms with van der Waals surface area (Å²) < 4.78 is 9.12. The van der Waals surface area contributed by atoms with E-state index in [0.29, 0.717) is 22.1 Å². The number of methoxy groups -OCH3 is 1. The normalized spacial score (nSPS) is 11.6. The number of aromatic nitrogens is 4. The van der Waals surface area contributed by atoms with Crippen molar-refractivity contribution >= 4 is 50.7 Å². The van der Waals surface area contributed by atoms with Gasteiger partial charge in [-0.25, -0.2) is 14.6 Å². The molecular formula is C18H20Cl2N4O4S. The van der Waals surface area contributed by atoms with Crippen molar-refractivity contribution in [1.82, 2.24) is 18.7 Å². The molecule has 0 radical (unpaired) electrons. The zero-order valence-corrected chi connectivity index (χ0v) is 18.9. The molecular weight excluding hydrogens is 439 g/mol. The second-order valence-corrected chi connectivity index (χ2v) is 8.85. The van der Waals surface area contributed by atoms with Crippen molar-refractivity contribution in [3.8, 4) is 0 Å². The number of hydrogen-bond acceptors (Lipinski definition) is 6. The van der Waals surface area contributed by atoms with Gasteiger partial charge in [-0.15, -0.1) is 11.3 Å². The van der Waals surface area contributed by atoms with Crippen molar-refractivity contribution in [2.75, 3.05) is 7.11 Å². The van der Waals surface area contributed by atoms with Crippen molar-refractivity contribution in [2.24, 2.45) is 13.0 Å². The minimum atomic E-state index is -0.655. The standard InChI is InChI=1S/C18H20Cl2N4O4S/c1-8(2)6-24-16-12(15(25)22(4)18(24)27)11(17(26)28-5)10(29-16)7-23-9(3)21-13(19)14(23)20/h8H,6-7H2,1-5H3. The number of thiophene rings is 1. The molecule has 0 N–H and O–H groups in total. The second kappa shape index (κ2) is 7.97. The van der Waals surface area contributed by atoms with E-state index < -0.39 is 17.2 Å². The zero-order valence-electron chi connectivity index (χ0n) is 16.6. The highest BCUT2D eigenvalue weighted by Gasteiger charge is 2.27. The number of fused-ring (bicyclic) bond motifs is 1. The lowest BCUT2D eigenvalue weighted by Gasteiger charge is -2.11. The molecule has 0 saturated carbocycles. The van der Waals surface area contributed by atoms with E-state index in [1.807, 2.05) is 13.8 Å². The molecule has 0 atom stereocenters. The number of halogens is 2. The van der Waals surface area contributed by atoms with Gasteiger partial charge in [0.15, 0.2) is 5.15 Å². The quantitative estimate of drug-likeness (QED) is 0.548. The molecule has 0 aliphatic rings. The van der Waals surface area contributed by atoms with Crippen LogP contribution in [-0.4, -0.2) is 31.8 Å². The predicted octanol–water partition coefficient (Wildman–Crippen LogP) is 3.06. The van der Waals surface area contributed by atoms with Crippen molar-refractivity contribution < 1.29 is 9.53 Å². The fourth-order valence-electron chi connectivity index (χ4n) is 3.16. The van der Waals surface area contributed by atoms with Gasteiger partial charge < -0.3 is 9.30 Å². The van der Waals surface area contributed by atoms with Crippen LogP contribution in [0.4, 0.5) is 0 Å². The highest BCUT2D eigenvalue weighted by atomic mass is 35.5. The van der Waals surface area contributed by atoms with Gasteiger partial charge in [-0.1, -0.05) is 37.0 Å². The molecule has 0 aliphatic carbocycles. The predicted molar refractivity (Wildman–Crippen MR) is 114 cm³/mol. The van der Waals surface area contributed by atoms with E-state index >= 15 is 0 Å². The van der Waals surface area contributed by atoms with E-state index in [4.69, 9.17) is 27.9 Å². The maximum absolute atomic E-state index is 12.9. The molecule has 0 amide bonds. The third kappa shape index (κ3) is 3.62. The molecule has 3 aromatic rings. The first-order valence-corrected chi connectivity index (χ1v) is 10.4. The van der Waals surface area contributed by atoms with Gasteiger partial charge in [-0.2, -0.15) is 0 Å². The van der Waals surface area contributed by atoms with Crippen LogP contribution in [0.3, 0.4) is 0 Å². The van der Waals surface area contributed by atoms with E-state index in [1.54, 1.807) is 11.5 Å². The topological polar surface area (TPSA) is 88.1 Å². The summed E-state index contributed by atoms with van der Waals surface area (Å²) in [4.78, 5) is 43.4. The Morgan fingerprint density at radius 2 is 1.90 bits per heavy atom. The first-order valence-electron chi connectivity index (χ1n) is 8.80. The molecule has 0 saturated heterocycles. The van der Waals surface area contributed by atoms with Crippen LogP contribution < -0.4 is 11.2 Å². The third-order valence-electron chi connectivity index (χ3n) is 4.54. The number of carbonyl (C=O) groups excluding carboxylic acids is 1. The zero-order chi connectivity index (χ0) is 21.6. The molecule has 0 fully saturated rings. The highest BCUT2D eigenvalue weighted by Crippen LogP contribution is 2.32. The van der Waals surface area contributed by atoms with Crippen LogP contribution in [0, 0.1) is 12.8 Å². The Kier molecular flexibility index (Phi) is 5.93. The van der Waals surface area contributed by atoms with Gasteiger partial charge in [0, 0.05) is 18.5 Å². The van der Waals surface area contributed by atoms with Crippen LogP contribution in [0.1, 0.15) is 34.9 Å². The monoisotopic (exact) mass is 458 g/mol. The Bertz CT molecular complexity index is 1240. The van der Waals surface area contributed by atoms with Gasteiger partial charge in [0.1, 0.15) is 15.8 Å². The van der Waals surface area contributed by atoms with Crippen molar-refractivity contribution in [1.29, 1.82) is 0 Å². The van der Waals surface area contributed by atoms with Gasteiger partial charge in [-0.3, -0.25) is 13.9 Å². The summed E-state index contributed by atoms with van der Waals surface area (Å²) in [5, 5.41) is 0.544. The summed E-state index contributed by atoms with van der Waals surface area (Å²) in [5.74, 6) is 0.0588. The van der Waals surface area contributed by atoms with Gasteiger partial charge in [-0.05, 0) is 12.8 Å². The Balaban J connectivity index is 2.38. The number of aryl methyl sites for hydroxylation is 1. The van der Waals surface area contributed by atoms with Crippen LogP contribution >= 0.6 is 34.5 Å². The third-order valence-corrected chi connectivity index (χ3v) is 6.48. The average molecular weight is 459 g/mol. The van der Waals surface area contributed by atoms with E-state index in [1.165, 1.54) is 30.1 Å².